The molecule has 0 amide bonds. The van der Waals surface area contributed by atoms with E-state index in [0.717, 1.165) is 5.56 Å². The third-order valence-corrected chi connectivity index (χ3v) is 3.05. The van der Waals surface area contributed by atoms with Crippen LogP contribution in [0.4, 0.5) is 0 Å². The molecule has 0 heterocycles. The summed E-state index contributed by atoms with van der Waals surface area (Å²) in [6.07, 6.45) is 0.338. The molecule has 0 bridgehead atoms. The molecule has 6 heteroatoms. The lowest BCUT2D eigenvalue weighted by Crippen LogP contribution is -2.19. The van der Waals surface area contributed by atoms with Gasteiger partial charge < -0.3 is 19.9 Å². The van der Waals surface area contributed by atoms with Gasteiger partial charge in [0.25, 0.3) is 0 Å². The van der Waals surface area contributed by atoms with Gasteiger partial charge in [0.1, 0.15) is 0 Å². The Morgan fingerprint density at radius 3 is 2.84 bits per heavy atom. The third-order valence-electron chi connectivity index (χ3n) is 2.45. The van der Waals surface area contributed by atoms with Gasteiger partial charge in [-0.05, 0) is 40.5 Å². The Morgan fingerprint density at radius 2 is 2.21 bits per heavy atom. The lowest BCUT2D eigenvalue weighted by Gasteiger charge is -2.09. The number of hydrogen-bond donors (Lipinski definition) is 2. The van der Waals surface area contributed by atoms with Crippen molar-refractivity contribution in [1.82, 2.24) is 5.32 Å². The molecule has 106 valence electrons. The van der Waals surface area contributed by atoms with Gasteiger partial charge in [0.2, 0.25) is 0 Å². The van der Waals surface area contributed by atoms with Crippen molar-refractivity contribution in [3.8, 4) is 11.5 Å². The Bertz CT molecular complexity index is 437. The maximum absolute atomic E-state index is 11.1. The predicted octanol–water partition coefficient (Wildman–Crippen LogP) is 2.21. The molecule has 0 aliphatic heterocycles. The molecule has 5 nitrogen and oxygen atoms in total. The van der Waals surface area contributed by atoms with Gasteiger partial charge in [-0.3, -0.25) is 4.79 Å². The highest BCUT2D eigenvalue weighted by Crippen LogP contribution is 2.35. The van der Waals surface area contributed by atoms with Gasteiger partial charge in [0, 0.05) is 13.1 Å². The first-order valence-electron chi connectivity index (χ1n) is 6.00. The van der Waals surface area contributed by atoms with E-state index >= 15 is 0 Å². The molecule has 0 unspecified atom stereocenters. The summed E-state index contributed by atoms with van der Waals surface area (Å²) in [5.74, 6) is 0.286. The Morgan fingerprint density at radius 1 is 1.47 bits per heavy atom. The number of phenolic OH excluding ortho intramolecular Hbond substituents is 1. The smallest absolute Gasteiger partial charge is 0.307 e. The Hall–Kier alpha value is -1.27. The van der Waals surface area contributed by atoms with Crippen LogP contribution >= 0.6 is 15.9 Å². The standard InChI is InChI=1S/C13H18BrNO4/c1-3-19-12(16)4-5-15-8-9-6-10(14)13(17)11(7-9)18-2/h6-7,15,17H,3-5,8H2,1-2H3. The molecule has 2 N–H and O–H groups in total. The van der Waals surface area contributed by atoms with Crippen molar-refractivity contribution < 1.29 is 19.4 Å². The summed E-state index contributed by atoms with van der Waals surface area (Å²) >= 11 is 3.26. The average Bonchev–Trinajstić information content (AvgIpc) is 2.38. The second-order valence-electron chi connectivity index (χ2n) is 3.86. The summed E-state index contributed by atoms with van der Waals surface area (Å²) in [6.45, 7) is 3.31. The van der Waals surface area contributed by atoms with Crippen molar-refractivity contribution in [3.63, 3.8) is 0 Å². The second-order valence-corrected chi connectivity index (χ2v) is 4.71. The summed E-state index contributed by atoms with van der Waals surface area (Å²) in [4.78, 5) is 11.1. The number of carbonyl (C=O) groups is 1. The zero-order valence-corrected chi connectivity index (χ0v) is 12.6. The maximum atomic E-state index is 11.1. The first-order chi connectivity index (χ1) is 9.08. The minimum absolute atomic E-state index is 0.0813. The number of hydrogen-bond acceptors (Lipinski definition) is 5. The number of ether oxygens (including phenoxy) is 2. The molecule has 0 aromatic heterocycles. The molecule has 1 aromatic rings. The summed E-state index contributed by atoms with van der Waals surface area (Å²) in [7, 11) is 1.50. The van der Waals surface area contributed by atoms with Crippen LogP contribution in [0.5, 0.6) is 11.5 Å². The molecule has 0 saturated carbocycles. The lowest BCUT2D eigenvalue weighted by atomic mass is 10.2. The van der Waals surface area contributed by atoms with Crippen LogP contribution in [0.15, 0.2) is 16.6 Å². The molecular formula is C13H18BrNO4. The average molecular weight is 332 g/mol. The maximum Gasteiger partial charge on any atom is 0.307 e. The fraction of sp³-hybridized carbons (Fsp3) is 0.462. The molecule has 0 spiro atoms. The van der Waals surface area contributed by atoms with Gasteiger partial charge in [-0.25, -0.2) is 0 Å². The fourth-order valence-corrected chi connectivity index (χ4v) is 2.03. The molecule has 1 rings (SSSR count). The molecule has 0 radical (unpaired) electrons. The number of halogens is 1. The van der Waals surface area contributed by atoms with Crippen LogP contribution in [0.1, 0.15) is 18.9 Å². The Kier molecular flexibility index (Phi) is 6.66. The van der Waals surface area contributed by atoms with Crippen LogP contribution in [0.2, 0.25) is 0 Å². The van der Waals surface area contributed by atoms with E-state index in [0.29, 0.717) is 36.3 Å². The molecule has 0 aliphatic rings. The highest BCUT2D eigenvalue weighted by molar-refractivity contribution is 9.10. The number of benzene rings is 1. The number of phenols is 1. The van der Waals surface area contributed by atoms with Crippen LogP contribution in [0, 0.1) is 0 Å². The van der Waals surface area contributed by atoms with Crippen LogP contribution < -0.4 is 10.1 Å². The van der Waals surface area contributed by atoms with E-state index in [1.165, 1.54) is 7.11 Å². The molecule has 0 aliphatic carbocycles. The number of nitrogens with one attached hydrogen (secondary N) is 1. The summed E-state index contributed by atoms with van der Waals surface area (Å²) < 4.78 is 10.5. The van der Waals surface area contributed by atoms with Crippen molar-refractivity contribution in [1.29, 1.82) is 0 Å². The number of esters is 1. The van der Waals surface area contributed by atoms with Crippen LogP contribution in [-0.2, 0) is 16.1 Å². The molecule has 0 fully saturated rings. The van der Waals surface area contributed by atoms with Crippen LogP contribution in [0.25, 0.3) is 0 Å². The van der Waals surface area contributed by atoms with Crippen molar-refractivity contribution in [2.45, 2.75) is 19.9 Å². The van der Waals surface area contributed by atoms with E-state index in [1.54, 1.807) is 19.1 Å². The zero-order chi connectivity index (χ0) is 14.3. The van der Waals surface area contributed by atoms with Crippen molar-refractivity contribution in [3.05, 3.63) is 22.2 Å². The monoisotopic (exact) mass is 331 g/mol. The first-order valence-corrected chi connectivity index (χ1v) is 6.79. The lowest BCUT2D eigenvalue weighted by molar-refractivity contribution is -0.142. The van der Waals surface area contributed by atoms with Crippen LogP contribution in [0.3, 0.4) is 0 Å². The molecular weight excluding hydrogens is 314 g/mol. The second kappa shape index (κ2) is 8.01. The van der Waals surface area contributed by atoms with E-state index in [4.69, 9.17) is 9.47 Å². The minimum atomic E-state index is -0.209. The highest BCUT2D eigenvalue weighted by atomic mass is 79.9. The van der Waals surface area contributed by atoms with E-state index in [2.05, 4.69) is 21.2 Å². The van der Waals surface area contributed by atoms with E-state index in [-0.39, 0.29) is 11.7 Å². The van der Waals surface area contributed by atoms with Crippen molar-refractivity contribution in [2.75, 3.05) is 20.3 Å². The molecule has 0 saturated heterocycles. The first kappa shape index (κ1) is 15.8. The summed E-state index contributed by atoms with van der Waals surface area (Å²) in [6, 6.07) is 3.55. The van der Waals surface area contributed by atoms with Gasteiger partial charge in [0.05, 0.1) is 24.6 Å². The van der Waals surface area contributed by atoms with Gasteiger partial charge in [-0.15, -0.1) is 0 Å². The van der Waals surface area contributed by atoms with Gasteiger partial charge in [0.15, 0.2) is 11.5 Å². The van der Waals surface area contributed by atoms with Gasteiger partial charge >= 0.3 is 5.97 Å². The SMILES string of the molecule is CCOC(=O)CCNCc1cc(Br)c(O)c(OC)c1. The highest BCUT2D eigenvalue weighted by Gasteiger charge is 2.08. The van der Waals surface area contributed by atoms with E-state index in [9.17, 15) is 9.90 Å². The quantitative estimate of drug-likeness (QED) is 0.592. The number of methoxy groups -OCH3 is 1. The van der Waals surface area contributed by atoms with Crippen molar-refractivity contribution >= 4 is 21.9 Å². The topological polar surface area (TPSA) is 67.8 Å². The zero-order valence-electron chi connectivity index (χ0n) is 11.0. The van der Waals surface area contributed by atoms with Crippen molar-refractivity contribution in [2.24, 2.45) is 0 Å². The van der Waals surface area contributed by atoms with Gasteiger partial charge in [-0.1, -0.05) is 0 Å². The number of carbonyl (C=O) groups excluding carboxylic acids is 1. The Balaban J connectivity index is 2.45. The van der Waals surface area contributed by atoms with Gasteiger partial charge in [-0.2, -0.15) is 0 Å². The molecule has 0 atom stereocenters. The van der Waals surface area contributed by atoms with E-state index in [1.807, 2.05) is 0 Å². The normalized spacial score (nSPS) is 10.3. The molecule has 19 heavy (non-hydrogen) atoms. The Labute approximate surface area is 121 Å². The fourth-order valence-electron chi connectivity index (χ4n) is 1.54. The number of aromatic hydroxyl groups is 1. The largest absolute Gasteiger partial charge is 0.503 e. The number of rotatable bonds is 7. The summed E-state index contributed by atoms with van der Waals surface area (Å²) in [5, 5.41) is 12.8. The molecule has 1 aromatic carbocycles. The predicted molar refractivity (Wildman–Crippen MR) is 75.3 cm³/mol. The summed E-state index contributed by atoms with van der Waals surface area (Å²) in [5.41, 5.74) is 0.949. The van der Waals surface area contributed by atoms with E-state index < -0.39 is 0 Å². The third kappa shape index (κ3) is 5.08. The minimum Gasteiger partial charge on any atom is -0.503 e. The van der Waals surface area contributed by atoms with Crippen LogP contribution in [-0.4, -0.2) is 31.3 Å².